The summed E-state index contributed by atoms with van der Waals surface area (Å²) in [6.45, 7) is 2.55. The largest absolute Gasteiger partial charge is 0.378 e. The third-order valence-corrected chi connectivity index (χ3v) is 1.52. The van der Waals surface area contributed by atoms with Gasteiger partial charge in [0.15, 0.2) is 5.76 Å². The maximum atomic E-state index is 5.32. The van der Waals surface area contributed by atoms with Crippen LogP contribution in [0.1, 0.15) is 11.5 Å². The van der Waals surface area contributed by atoms with Gasteiger partial charge in [0.1, 0.15) is 5.69 Å². The highest BCUT2D eigenvalue weighted by Gasteiger charge is 2.02. The molecule has 0 saturated carbocycles. The minimum atomic E-state index is 0.486. The SMILES string of the molecule is COCc1cc(CNCCN)on1. The molecule has 1 heterocycles. The van der Waals surface area contributed by atoms with Crippen molar-refractivity contribution in [3.8, 4) is 0 Å². The van der Waals surface area contributed by atoms with Gasteiger partial charge < -0.3 is 20.3 Å². The van der Waals surface area contributed by atoms with Gasteiger partial charge in [0.05, 0.1) is 13.2 Å². The molecule has 0 spiro atoms. The van der Waals surface area contributed by atoms with Crippen molar-refractivity contribution >= 4 is 0 Å². The zero-order valence-electron chi connectivity index (χ0n) is 7.75. The molecule has 0 aliphatic heterocycles. The van der Waals surface area contributed by atoms with E-state index in [1.165, 1.54) is 0 Å². The van der Waals surface area contributed by atoms with Gasteiger partial charge in [-0.2, -0.15) is 0 Å². The Hall–Kier alpha value is -0.910. The number of hydrogen-bond acceptors (Lipinski definition) is 5. The van der Waals surface area contributed by atoms with Crippen molar-refractivity contribution in [1.82, 2.24) is 10.5 Å². The highest BCUT2D eigenvalue weighted by atomic mass is 16.5. The van der Waals surface area contributed by atoms with Gasteiger partial charge in [0.2, 0.25) is 0 Å². The third-order valence-electron chi connectivity index (χ3n) is 1.52. The lowest BCUT2D eigenvalue weighted by molar-refractivity contribution is 0.177. The van der Waals surface area contributed by atoms with Gasteiger partial charge >= 0.3 is 0 Å². The fourth-order valence-electron chi connectivity index (χ4n) is 0.969. The van der Waals surface area contributed by atoms with Crippen LogP contribution in [-0.4, -0.2) is 25.4 Å². The van der Waals surface area contributed by atoms with E-state index in [0.717, 1.165) is 18.0 Å². The number of nitrogens with one attached hydrogen (secondary N) is 1. The lowest BCUT2D eigenvalue weighted by atomic mass is 10.3. The van der Waals surface area contributed by atoms with Gasteiger partial charge in [-0.05, 0) is 0 Å². The topological polar surface area (TPSA) is 73.3 Å². The summed E-state index contributed by atoms with van der Waals surface area (Å²) in [7, 11) is 1.63. The molecule has 0 atom stereocenters. The van der Waals surface area contributed by atoms with E-state index < -0.39 is 0 Å². The van der Waals surface area contributed by atoms with E-state index in [0.29, 0.717) is 19.7 Å². The number of hydrogen-bond donors (Lipinski definition) is 2. The molecule has 0 aliphatic rings. The van der Waals surface area contributed by atoms with Crippen molar-refractivity contribution in [3.05, 3.63) is 17.5 Å². The third kappa shape index (κ3) is 3.54. The van der Waals surface area contributed by atoms with Gasteiger partial charge in [0, 0.05) is 26.3 Å². The Kier molecular flexibility index (Phi) is 4.45. The predicted molar refractivity (Wildman–Crippen MR) is 48.0 cm³/mol. The fraction of sp³-hybridized carbons (Fsp3) is 0.625. The average molecular weight is 185 g/mol. The highest BCUT2D eigenvalue weighted by molar-refractivity contribution is 5.03. The summed E-state index contributed by atoms with van der Waals surface area (Å²) in [6, 6.07) is 1.87. The lowest BCUT2D eigenvalue weighted by Crippen LogP contribution is -2.21. The molecule has 0 radical (unpaired) electrons. The zero-order chi connectivity index (χ0) is 9.52. The molecule has 0 amide bonds. The van der Waals surface area contributed by atoms with Crippen molar-refractivity contribution < 1.29 is 9.26 Å². The molecular formula is C8H15N3O2. The lowest BCUT2D eigenvalue weighted by Gasteiger charge is -1.96. The van der Waals surface area contributed by atoms with Crippen LogP contribution in [0, 0.1) is 0 Å². The molecule has 1 aromatic rings. The van der Waals surface area contributed by atoms with Crippen LogP contribution >= 0.6 is 0 Å². The van der Waals surface area contributed by atoms with Crippen molar-refractivity contribution in [2.24, 2.45) is 5.73 Å². The highest BCUT2D eigenvalue weighted by Crippen LogP contribution is 2.03. The van der Waals surface area contributed by atoms with E-state index in [4.69, 9.17) is 15.0 Å². The van der Waals surface area contributed by atoms with Crippen LogP contribution in [0.2, 0.25) is 0 Å². The molecular weight excluding hydrogens is 170 g/mol. The molecule has 13 heavy (non-hydrogen) atoms. The molecule has 0 aromatic carbocycles. The van der Waals surface area contributed by atoms with Crippen molar-refractivity contribution in [3.63, 3.8) is 0 Å². The Morgan fingerprint density at radius 3 is 3.23 bits per heavy atom. The second kappa shape index (κ2) is 5.69. The Morgan fingerprint density at radius 1 is 1.69 bits per heavy atom. The van der Waals surface area contributed by atoms with Gasteiger partial charge in [-0.3, -0.25) is 0 Å². The van der Waals surface area contributed by atoms with Crippen LogP contribution in [0.3, 0.4) is 0 Å². The Labute approximate surface area is 77.2 Å². The summed E-state index contributed by atoms with van der Waals surface area (Å²) < 4.78 is 9.93. The molecule has 0 fully saturated rings. The second-order valence-electron chi connectivity index (χ2n) is 2.68. The van der Waals surface area contributed by atoms with Crippen LogP contribution in [-0.2, 0) is 17.9 Å². The smallest absolute Gasteiger partial charge is 0.150 e. The number of ether oxygens (including phenoxy) is 1. The molecule has 0 saturated heterocycles. The van der Waals surface area contributed by atoms with Crippen LogP contribution < -0.4 is 11.1 Å². The van der Waals surface area contributed by atoms with Gasteiger partial charge in [0.25, 0.3) is 0 Å². The second-order valence-corrected chi connectivity index (χ2v) is 2.68. The van der Waals surface area contributed by atoms with Crippen LogP contribution in [0.15, 0.2) is 10.6 Å². The molecule has 1 rings (SSSR count). The van der Waals surface area contributed by atoms with Gasteiger partial charge in [-0.25, -0.2) is 0 Å². The standard InChI is InChI=1S/C8H15N3O2/c1-12-6-7-4-8(13-11-7)5-10-3-2-9/h4,10H,2-3,5-6,9H2,1H3. The summed E-state index contributed by atoms with van der Waals surface area (Å²) in [5.41, 5.74) is 6.13. The van der Waals surface area contributed by atoms with Crippen molar-refractivity contribution in [2.45, 2.75) is 13.2 Å². The van der Waals surface area contributed by atoms with Crippen LogP contribution in [0.25, 0.3) is 0 Å². The number of aromatic nitrogens is 1. The molecule has 74 valence electrons. The average Bonchev–Trinajstić information content (AvgIpc) is 2.54. The molecule has 0 bridgehead atoms. The Bertz CT molecular complexity index is 237. The summed E-state index contributed by atoms with van der Waals surface area (Å²) in [5.74, 6) is 0.806. The Balaban J connectivity index is 2.31. The Morgan fingerprint density at radius 2 is 2.54 bits per heavy atom. The van der Waals surface area contributed by atoms with Crippen LogP contribution in [0.4, 0.5) is 0 Å². The van der Waals surface area contributed by atoms with E-state index in [9.17, 15) is 0 Å². The van der Waals surface area contributed by atoms with Gasteiger partial charge in [-0.15, -0.1) is 0 Å². The number of nitrogens with two attached hydrogens (primary N) is 1. The number of nitrogens with zero attached hydrogens (tertiary/aromatic N) is 1. The normalized spacial score (nSPS) is 10.6. The quantitative estimate of drug-likeness (QED) is 0.604. The van der Waals surface area contributed by atoms with Gasteiger partial charge in [-0.1, -0.05) is 5.16 Å². The monoisotopic (exact) mass is 185 g/mol. The summed E-state index contributed by atoms with van der Waals surface area (Å²) >= 11 is 0. The summed E-state index contributed by atoms with van der Waals surface area (Å²) in [5, 5.41) is 6.92. The first kappa shape index (κ1) is 10.2. The number of methoxy groups -OCH3 is 1. The van der Waals surface area contributed by atoms with E-state index in [-0.39, 0.29) is 0 Å². The minimum absolute atomic E-state index is 0.486. The first-order chi connectivity index (χ1) is 6.36. The zero-order valence-corrected chi connectivity index (χ0v) is 7.75. The first-order valence-electron chi connectivity index (χ1n) is 4.21. The molecule has 3 N–H and O–H groups in total. The molecule has 5 nitrogen and oxygen atoms in total. The van der Waals surface area contributed by atoms with Crippen LogP contribution in [0.5, 0.6) is 0 Å². The van der Waals surface area contributed by atoms with Crippen molar-refractivity contribution in [2.75, 3.05) is 20.2 Å². The van der Waals surface area contributed by atoms with E-state index in [1.54, 1.807) is 7.11 Å². The molecule has 5 heteroatoms. The predicted octanol–water partition coefficient (Wildman–Crippen LogP) is -0.131. The number of rotatable bonds is 6. The van der Waals surface area contributed by atoms with E-state index in [1.807, 2.05) is 6.07 Å². The molecule has 0 unspecified atom stereocenters. The fourth-order valence-corrected chi connectivity index (χ4v) is 0.969. The maximum absolute atomic E-state index is 5.32. The molecule has 1 aromatic heterocycles. The van der Waals surface area contributed by atoms with Crippen molar-refractivity contribution in [1.29, 1.82) is 0 Å². The first-order valence-corrected chi connectivity index (χ1v) is 4.21. The maximum Gasteiger partial charge on any atom is 0.150 e. The molecule has 0 aliphatic carbocycles. The summed E-state index contributed by atoms with van der Waals surface area (Å²) in [4.78, 5) is 0. The van der Waals surface area contributed by atoms with E-state index >= 15 is 0 Å². The van der Waals surface area contributed by atoms with E-state index in [2.05, 4.69) is 10.5 Å². The minimum Gasteiger partial charge on any atom is -0.378 e. The summed E-state index contributed by atoms with van der Waals surface area (Å²) in [6.07, 6.45) is 0.